The van der Waals surface area contributed by atoms with Crippen LogP contribution in [-0.4, -0.2) is 66.5 Å². The second-order valence-electron chi connectivity index (χ2n) is 4.81. The van der Waals surface area contributed by atoms with E-state index in [4.69, 9.17) is 0 Å². The molecule has 0 aliphatic carbocycles. The molecular weight excluding hydrogens is 277 g/mol. The summed E-state index contributed by atoms with van der Waals surface area (Å²) < 4.78 is 17.6. The average molecular weight is 295 g/mol. The summed E-state index contributed by atoms with van der Waals surface area (Å²) in [5.74, 6) is -1.16. The Balaban J connectivity index is 1.83. The third-order valence-corrected chi connectivity index (χ3v) is 3.45. The molecule has 0 saturated carbocycles. The Labute approximate surface area is 122 Å². The number of esters is 1. The van der Waals surface area contributed by atoms with Gasteiger partial charge in [-0.2, -0.15) is 4.39 Å². The number of nitrogens with zero attached hydrogens (tertiary/aromatic N) is 3. The molecule has 0 radical (unpaired) electrons. The molecule has 1 aliphatic rings. The molecule has 0 unspecified atom stereocenters. The van der Waals surface area contributed by atoms with E-state index in [1.807, 2.05) is 0 Å². The predicted molar refractivity (Wildman–Crippen MR) is 73.2 cm³/mol. The Morgan fingerprint density at radius 2 is 2.00 bits per heavy atom. The maximum absolute atomic E-state index is 13.0. The summed E-state index contributed by atoms with van der Waals surface area (Å²) in [6.45, 7) is 3.05. The summed E-state index contributed by atoms with van der Waals surface area (Å²) >= 11 is 0. The minimum Gasteiger partial charge on any atom is -0.469 e. The number of ether oxygens (including phenoxy) is 1. The molecule has 21 heavy (non-hydrogen) atoms. The molecule has 1 fully saturated rings. The van der Waals surface area contributed by atoms with E-state index >= 15 is 0 Å². The van der Waals surface area contributed by atoms with Crippen LogP contribution in [0.15, 0.2) is 18.2 Å². The van der Waals surface area contributed by atoms with Crippen molar-refractivity contribution >= 4 is 11.9 Å². The molecule has 6 nitrogen and oxygen atoms in total. The second kappa shape index (κ2) is 7.12. The van der Waals surface area contributed by atoms with Crippen molar-refractivity contribution in [2.45, 2.75) is 6.42 Å². The number of rotatable bonds is 4. The van der Waals surface area contributed by atoms with E-state index in [2.05, 4.69) is 14.6 Å². The number of carbonyl (C=O) groups is 2. The topological polar surface area (TPSA) is 62.7 Å². The molecule has 1 amide bonds. The van der Waals surface area contributed by atoms with Crippen molar-refractivity contribution in [3.63, 3.8) is 0 Å². The minimum atomic E-state index is -0.655. The zero-order valence-electron chi connectivity index (χ0n) is 11.9. The number of piperazine rings is 1. The van der Waals surface area contributed by atoms with Crippen molar-refractivity contribution in [3.8, 4) is 0 Å². The summed E-state index contributed by atoms with van der Waals surface area (Å²) in [6, 6.07) is 4.19. The number of halogens is 1. The molecule has 2 heterocycles. The molecule has 0 aromatic carbocycles. The van der Waals surface area contributed by atoms with E-state index in [1.54, 1.807) is 4.90 Å². The maximum Gasteiger partial charge on any atom is 0.306 e. The minimum absolute atomic E-state index is 0.123. The highest BCUT2D eigenvalue weighted by molar-refractivity contribution is 5.92. The zero-order chi connectivity index (χ0) is 15.2. The van der Waals surface area contributed by atoms with Gasteiger partial charge in [0.05, 0.1) is 13.5 Å². The first kappa shape index (κ1) is 15.4. The molecule has 114 valence electrons. The van der Waals surface area contributed by atoms with Gasteiger partial charge in [0.2, 0.25) is 5.95 Å². The Hall–Kier alpha value is -2.02. The van der Waals surface area contributed by atoms with Gasteiger partial charge in [-0.25, -0.2) is 4.98 Å². The van der Waals surface area contributed by atoms with Crippen LogP contribution in [0.3, 0.4) is 0 Å². The number of methoxy groups -OCH3 is 1. The van der Waals surface area contributed by atoms with Gasteiger partial charge in [-0.1, -0.05) is 6.07 Å². The van der Waals surface area contributed by atoms with Crippen molar-refractivity contribution in [1.29, 1.82) is 0 Å². The molecule has 1 aliphatic heterocycles. The third-order valence-electron chi connectivity index (χ3n) is 3.45. The molecule has 7 heteroatoms. The lowest BCUT2D eigenvalue weighted by Crippen LogP contribution is -2.49. The lowest BCUT2D eigenvalue weighted by Gasteiger charge is -2.34. The number of hydrogen-bond donors (Lipinski definition) is 0. The van der Waals surface area contributed by atoms with Gasteiger partial charge in [-0.05, 0) is 12.1 Å². The average Bonchev–Trinajstić information content (AvgIpc) is 2.52. The molecule has 0 bridgehead atoms. The standard InChI is InChI=1S/C14H18FN3O3/c1-21-13(19)5-6-17-7-9-18(10-8-17)14(20)11-3-2-4-12(15)16-11/h2-4H,5-10H2,1H3. The maximum atomic E-state index is 13.0. The van der Waals surface area contributed by atoms with Crippen LogP contribution in [0.25, 0.3) is 0 Å². The van der Waals surface area contributed by atoms with E-state index in [-0.39, 0.29) is 17.6 Å². The molecule has 1 aromatic rings. The van der Waals surface area contributed by atoms with Gasteiger partial charge in [0.25, 0.3) is 5.91 Å². The number of pyridine rings is 1. The molecule has 0 N–H and O–H groups in total. The summed E-state index contributed by atoms with van der Waals surface area (Å²) in [7, 11) is 1.37. The monoisotopic (exact) mass is 295 g/mol. The number of carbonyl (C=O) groups excluding carboxylic acids is 2. The van der Waals surface area contributed by atoms with E-state index in [9.17, 15) is 14.0 Å². The Morgan fingerprint density at radius 1 is 1.29 bits per heavy atom. The summed E-state index contributed by atoms with van der Waals surface area (Å²) in [4.78, 5) is 30.6. The SMILES string of the molecule is COC(=O)CCN1CCN(C(=O)c2cccc(F)n2)CC1. The first-order valence-electron chi connectivity index (χ1n) is 6.81. The molecule has 1 aromatic heterocycles. The van der Waals surface area contributed by atoms with Crippen LogP contribution >= 0.6 is 0 Å². The van der Waals surface area contributed by atoms with Crippen molar-refractivity contribution in [1.82, 2.24) is 14.8 Å². The van der Waals surface area contributed by atoms with Crippen LogP contribution in [-0.2, 0) is 9.53 Å². The van der Waals surface area contributed by atoms with Crippen molar-refractivity contribution < 1.29 is 18.7 Å². The van der Waals surface area contributed by atoms with E-state index in [0.717, 1.165) is 0 Å². The number of amides is 1. The fourth-order valence-electron chi connectivity index (χ4n) is 2.22. The molecule has 0 spiro atoms. The summed E-state index contributed by atoms with van der Waals surface area (Å²) in [5.41, 5.74) is 0.123. The van der Waals surface area contributed by atoms with Crippen LogP contribution < -0.4 is 0 Å². The summed E-state index contributed by atoms with van der Waals surface area (Å²) in [5, 5.41) is 0. The van der Waals surface area contributed by atoms with Crippen LogP contribution in [0, 0.1) is 5.95 Å². The highest BCUT2D eigenvalue weighted by Gasteiger charge is 2.23. The van der Waals surface area contributed by atoms with Crippen molar-refractivity contribution in [2.24, 2.45) is 0 Å². The van der Waals surface area contributed by atoms with Gasteiger partial charge in [0.1, 0.15) is 5.69 Å². The quantitative estimate of drug-likeness (QED) is 0.599. The fraction of sp³-hybridized carbons (Fsp3) is 0.500. The Morgan fingerprint density at radius 3 is 2.62 bits per heavy atom. The molecule has 0 atom stereocenters. The lowest BCUT2D eigenvalue weighted by atomic mass is 10.2. The zero-order valence-corrected chi connectivity index (χ0v) is 11.9. The molecule has 1 saturated heterocycles. The van der Waals surface area contributed by atoms with Crippen LogP contribution in [0.5, 0.6) is 0 Å². The predicted octanol–water partition coefficient (Wildman–Crippen LogP) is 0.542. The van der Waals surface area contributed by atoms with Crippen molar-refractivity contribution in [3.05, 3.63) is 29.8 Å². The highest BCUT2D eigenvalue weighted by atomic mass is 19.1. The third kappa shape index (κ3) is 4.22. The second-order valence-corrected chi connectivity index (χ2v) is 4.81. The van der Waals surface area contributed by atoms with Crippen LogP contribution in [0.4, 0.5) is 4.39 Å². The van der Waals surface area contributed by atoms with Gasteiger partial charge in [0, 0.05) is 32.7 Å². The van der Waals surface area contributed by atoms with Gasteiger partial charge < -0.3 is 9.64 Å². The normalized spacial score (nSPS) is 15.8. The molecular formula is C14H18FN3O3. The van der Waals surface area contributed by atoms with Gasteiger partial charge in [-0.15, -0.1) is 0 Å². The largest absolute Gasteiger partial charge is 0.469 e. The van der Waals surface area contributed by atoms with Gasteiger partial charge >= 0.3 is 5.97 Å². The van der Waals surface area contributed by atoms with Crippen LogP contribution in [0.2, 0.25) is 0 Å². The van der Waals surface area contributed by atoms with E-state index < -0.39 is 5.95 Å². The number of hydrogen-bond acceptors (Lipinski definition) is 5. The fourth-order valence-corrected chi connectivity index (χ4v) is 2.22. The van der Waals surface area contributed by atoms with Crippen LogP contribution in [0.1, 0.15) is 16.9 Å². The van der Waals surface area contributed by atoms with Crippen molar-refractivity contribution in [2.75, 3.05) is 39.8 Å². The van der Waals surface area contributed by atoms with Gasteiger partial charge in [0.15, 0.2) is 0 Å². The van der Waals surface area contributed by atoms with E-state index in [1.165, 1.54) is 25.3 Å². The highest BCUT2D eigenvalue weighted by Crippen LogP contribution is 2.08. The number of aromatic nitrogens is 1. The Bertz CT molecular complexity index is 516. The summed E-state index contributed by atoms with van der Waals surface area (Å²) in [6.07, 6.45) is 0.343. The Kier molecular flexibility index (Phi) is 5.21. The van der Waals surface area contributed by atoms with E-state index in [0.29, 0.717) is 39.1 Å². The molecule has 2 rings (SSSR count). The first-order valence-corrected chi connectivity index (χ1v) is 6.81. The smallest absolute Gasteiger partial charge is 0.306 e. The lowest BCUT2D eigenvalue weighted by molar-refractivity contribution is -0.141. The van der Waals surface area contributed by atoms with Gasteiger partial charge in [-0.3, -0.25) is 14.5 Å². The first-order chi connectivity index (χ1) is 10.1.